The van der Waals surface area contributed by atoms with Gasteiger partial charge in [0.1, 0.15) is 5.84 Å². The van der Waals surface area contributed by atoms with Crippen molar-refractivity contribution in [1.29, 1.82) is 0 Å². The SMILES string of the molecule is NC(CCNC(=O)c1cc(Cl)cc(Cl)c1)=NO. The van der Waals surface area contributed by atoms with Crippen molar-refractivity contribution in [3.8, 4) is 0 Å². The summed E-state index contributed by atoms with van der Waals surface area (Å²) in [5.74, 6) is -0.269. The molecule has 0 spiro atoms. The number of rotatable bonds is 4. The van der Waals surface area contributed by atoms with Gasteiger partial charge in [0.15, 0.2) is 0 Å². The molecular formula is C10H11Cl2N3O2. The van der Waals surface area contributed by atoms with Crippen LogP contribution in [0.25, 0.3) is 0 Å². The normalized spacial score (nSPS) is 11.3. The molecule has 0 radical (unpaired) electrons. The molecule has 5 nitrogen and oxygen atoms in total. The van der Waals surface area contributed by atoms with E-state index in [0.29, 0.717) is 15.6 Å². The molecular weight excluding hydrogens is 265 g/mol. The van der Waals surface area contributed by atoms with Gasteiger partial charge in [0.2, 0.25) is 0 Å². The molecule has 1 aromatic carbocycles. The first kappa shape index (κ1) is 13.6. The van der Waals surface area contributed by atoms with Crippen molar-refractivity contribution in [1.82, 2.24) is 5.32 Å². The van der Waals surface area contributed by atoms with E-state index in [1.807, 2.05) is 0 Å². The number of hydrogen-bond acceptors (Lipinski definition) is 3. The third-order valence-electron chi connectivity index (χ3n) is 1.92. The molecule has 1 amide bonds. The van der Waals surface area contributed by atoms with Crippen LogP contribution in [0.15, 0.2) is 23.4 Å². The number of nitrogens with one attached hydrogen (secondary N) is 1. The molecule has 0 aliphatic carbocycles. The Bertz CT molecular complexity index is 429. The number of halogens is 2. The topological polar surface area (TPSA) is 87.7 Å². The van der Waals surface area contributed by atoms with E-state index in [1.54, 1.807) is 0 Å². The molecule has 0 heterocycles. The molecule has 0 aliphatic heterocycles. The van der Waals surface area contributed by atoms with Crippen molar-refractivity contribution in [3.05, 3.63) is 33.8 Å². The summed E-state index contributed by atoms with van der Waals surface area (Å²) >= 11 is 11.5. The van der Waals surface area contributed by atoms with E-state index < -0.39 is 0 Å². The molecule has 0 saturated carbocycles. The molecule has 17 heavy (non-hydrogen) atoms. The van der Waals surface area contributed by atoms with Gasteiger partial charge in [0.05, 0.1) is 0 Å². The number of nitrogens with two attached hydrogens (primary N) is 1. The summed E-state index contributed by atoms with van der Waals surface area (Å²) in [6.45, 7) is 0.263. The summed E-state index contributed by atoms with van der Waals surface area (Å²) in [7, 11) is 0. The summed E-state index contributed by atoms with van der Waals surface area (Å²) < 4.78 is 0. The number of carbonyl (C=O) groups is 1. The molecule has 0 bridgehead atoms. The van der Waals surface area contributed by atoms with Crippen molar-refractivity contribution in [2.24, 2.45) is 10.9 Å². The predicted molar refractivity (Wildman–Crippen MR) is 66.8 cm³/mol. The van der Waals surface area contributed by atoms with Crippen LogP contribution < -0.4 is 11.1 Å². The largest absolute Gasteiger partial charge is 0.409 e. The number of amidine groups is 1. The van der Waals surface area contributed by atoms with Gasteiger partial charge in [-0.25, -0.2) is 0 Å². The second-order valence-corrected chi connectivity index (χ2v) is 4.13. The molecule has 0 atom stereocenters. The van der Waals surface area contributed by atoms with Crippen molar-refractivity contribution in [2.75, 3.05) is 6.54 Å². The fraction of sp³-hybridized carbons (Fsp3) is 0.200. The van der Waals surface area contributed by atoms with E-state index in [4.69, 9.17) is 34.1 Å². The van der Waals surface area contributed by atoms with Gasteiger partial charge in [-0.05, 0) is 18.2 Å². The molecule has 0 aromatic heterocycles. The maximum Gasteiger partial charge on any atom is 0.251 e. The Balaban J connectivity index is 2.58. The molecule has 0 saturated heterocycles. The lowest BCUT2D eigenvalue weighted by molar-refractivity contribution is 0.0954. The number of benzene rings is 1. The van der Waals surface area contributed by atoms with Crippen LogP contribution in [0.2, 0.25) is 10.0 Å². The van der Waals surface area contributed by atoms with Crippen LogP contribution in [-0.2, 0) is 0 Å². The lowest BCUT2D eigenvalue weighted by atomic mass is 10.2. The summed E-state index contributed by atoms with van der Waals surface area (Å²) in [5.41, 5.74) is 5.62. The van der Waals surface area contributed by atoms with Crippen LogP contribution in [0.4, 0.5) is 0 Å². The Morgan fingerprint density at radius 2 is 1.94 bits per heavy atom. The van der Waals surface area contributed by atoms with Gasteiger partial charge in [-0.3, -0.25) is 4.79 Å². The minimum Gasteiger partial charge on any atom is -0.409 e. The number of amides is 1. The van der Waals surface area contributed by atoms with Gasteiger partial charge in [-0.1, -0.05) is 28.4 Å². The van der Waals surface area contributed by atoms with Gasteiger partial charge in [0.25, 0.3) is 5.91 Å². The Morgan fingerprint density at radius 1 is 1.35 bits per heavy atom. The van der Waals surface area contributed by atoms with E-state index in [0.717, 1.165) is 0 Å². The van der Waals surface area contributed by atoms with E-state index in [2.05, 4.69) is 10.5 Å². The van der Waals surface area contributed by atoms with E-state index in [9.17, 15) is 4.79 Å². The number of hydrogen-bond donors (Lipinski definition) is 3. The Morgan fingerprint density at radius 3 is 2.47 bits per heavy atom. The zero-order valence-corrected chi connectivity index (χ0v) is 10.3. The van der Waals surface area contributed by atoms with Crippen LogP contribution in [-0.4, -0.2) is 23.5 Å². The maximum absolute atomic E-state index is 11.6. The molecule has 1 aromatic rings. The zero-order valence-electron chi connectivity index (χ0n) is 8.78. The molecule has 0 aliphatic rings. The van der Waals surface area contributed by atoms with Crippen LogP contribution in [0.5, 0.6) is 0 Å². The highest BCUT2D eigenvalue weighted by atomic mass is 35.5. The monoisotopic (exact) mass is 275 g/mol. The first-order valence-corrected chi connectivity index (χ1v) is 5.49. The summed E-state index contributed by atoms with van der Waals surface area (Å²) in [4.78, 5) is 11.6. The van der Waals surface area contributed by atoms with Crippen molar-refractivity contribution >= 4 is 34.9 Å². The third kappa shape index (κ3) is 4.50. The maximum atomic E-state index is 11.6. The number of oxime groups is 1. The smallest absolute Gasteiger partial charge is 0.251 e. The summed E-state index contributed by atoms with van der Waals surface area (Å²) in [6, 6.07) is 4.55. The first-order valence-electron chi connectivity index (χ1n) is 4.73. The Kier molecular flexibility index (Phi) is 5.06. The standard InChI is InChI=1S/C10H11Cl2N3O2/c11-7-3-6(4-8(12)5-7)10(16)14-2-1-9(13)15-17/h3-5,17H,1-2H2,(H2,13,15)(H,14,16). The first-order chi connectivity index (χ1) is 8.02. The van der Waals surface area contributed by atoms with Gasteiger partial charge in [-0.15, -0.1) is 0 Å². The second kappa shape index (κ2) is 6.32. The van der Waals surface area contributed by atoms with Crippen molar-refractivity contribution < 1.29 is 10.0 Å². The fourth-order valence-corrected chi connectivity index (χ4v) is 1.67. The molecule has 0 fully saturated rings. The Hall–Kier alpha value is -1.46. The lowest BCUT2D eigenvalue weighted by Crippen LogP contribution is -2.28. The van der Waals surface area contributed by atoms with E-state index >= 15 is 0 Å². The highest BCUT2D eigenvalue weighted by molar-refractivity contribution is 6.35. The molecule has 1 rings (SSSR count). The summed E-state index contributed by atoms with van der Waals surface area (Å²) in [5, 5.41) is 14.5. The van der Waals surface area contributed by atoms with Gasteiger partial charge >= 0.3 is 0 Å². The van der Waals surface area contributed by atoms with Crippen molar-refractivity contribution in [3.63, 3.8) is 0 Å². The Labute approximate surface area is 108 Å². The quantitative estimate of drug-likeness (QED) is 0.339. The predicted octanol–water partition coefficient (Wildman–Crippen LogP) is 1.86. The third-order valence-corrected chi connectivity index (χ3v) is 2.36. The highest BCUT2D eigenvalue weighted by Crippen LogP contribution is 2.18. The average molecular weight is 276 g/mol. The van der Waals surface area contributed by atoms with E-state index in [1.165, 1.54) is 18.2 Å². The number of nitrogens with zero attached hydrogens (tertiary/aromatic N) is 1. The van der Waals surface area contributed by atoms with Gasteiger partial charge in [-0.2, -0.15) is 0 Å². The van der Waals surface area contributed by atoms with Crippen LogP contribution >= 0.6 is 23.2 Å². The fourth-order valence-electron chi connectivity index (χ4n) is 1.14. The zero-order chi connectivity index (χ0) is 12.8. The molecule has 92 valence electrons. The van der Waals surface area contributed by atoms with Gasteiger partial charge < -0.3 is 16.3 Å². The summed E-state index contributed by atoms with van der Waals surface area (Å²) in [6.07, 6.45) is 0.260. The van der Waals surface area contributed by atoms with Crippen LogP contribution in [0.1, 0.15) is 16.8 Å². The van der Waals surface area contributed by atoms with Gasteiger partial charge in [0, 0.05) is 28.6 Å². The van der Waals surface area contributed by atoms with Crippen LogP contribution in [0, 0.1) is 0 Å². The molecule has 4 N–H and O–H groups in total. The second-order valence-electron chi connectivity index (χ2n) is 3.26. The lowest BCUT2D eigenvalue weighted by Gasteiger charge is -2.05. The number of carbonyl (C=O) groups excluding carboxylic acids is 1. The highest BCUT2D eigenvalue weighted by Gasteiger charge is 2.07. The van der Waals surface area contributed by atoms with Crippen LogP contribution in [0.3, 0.4) is 0 Å². The van der Waals surface area contributed by atoms with E-state index in [-0.39, 0.29) is 24.7 Å². The average Bonchev–Trinajstić information content (AvgIpc) is 2.27. The van der Waals surface area contributed by atoms with Crippen molar-refractivity contribution in [2.45, 2.75) is 6.42 Å². The minimum absolute atomic E-state index is 0.0504. The minimum atomic E-state index is -0.319. The molecule has 7 heteroatoms. The molecule has 0 unspecified atom stereocenters.